The van der Waals surface area contributed by atoms with Gasteiger partial charge in [-0.3, -0.25) is 4.98 Å². The van der Waals surface area contributed by atoms with Crippen molar-refractivity contribution in [1.82, 2.24) is 20.6 Å². The summed E-state index contributed by atoms with van der Waals surface area (Å²) in [6, 6.07) is 2.74. The van der Waals surface area contributed by atoms with Crippen LogP contribution in [-0.4, -0.2) is 28.3 Å². The smallest absolute Gasteiger partial charge is 0.375 e. The van der Waals surface area contributed by atoms with Crippen LogP contribution in [-0.2, 0) is 0 Å². The summed E-state index contributed by atoms with van der Waals surface area (Å²) < 4.78 is 53.7. The number of anilines is 1. The lowest BCUT2D eigenvalue weighted by Gasteiger charge is -2.24. The molecule has 2 heterocycles. The quantitative estimate of drug-likeness (QED) is 0.542. The van der Waals surface area contributed by atoms with Crippen molar-refractivity contribution in [2.45, 2.75) is 24.7 Å². The van der Waals surface area contributed by atoms with E-state index in [4.69, 9.17) is 5.73 Å². The van der Waals surface area contributed by atoms with Crippen LogP contribution in [0, 0.1) is 5.92 Å². The second-order valence-corrected chi connectivity index (χ2v) is 8.48. The van der Waals surface area contributed by atoms with Gasteiger partial charge >= 0.3 is 12.2 Å². The fourth-order valence-electron chi connectivity index (χ4n) is 3.53. The molecule has 11 heteroatoms. The van der Waals surface area contributed by atoms with Gasteiger partial charge in [0.05, 0.1) is 23.2 Å². The van der Waals surface area contributed by atoms with Crippen molar-refractivity contribution in [3.63, 3.8) is 0 Å². The molecule has 172 valence electrons. The molecule has 0 bridgehead atoms. The number of thiazole rings is 1. The topological polar surface area (TPSA) is 92.9 Å². The van der Waals surface area contributed by atoms with E-state index in [2.05, 4.69) is 20.6 Å². The molecule has 2 amide bonds. The van der Waals surface area contributed by atoms with Gasteiger partial charge in [0.2, 0.25) is 0 Å². The molecule has 0 spiro atoms. The molecule has 6 nitrogen and oxygen atoms in total. The van der Waals surface area contributed by atoms with Gasteiger partial charge in [0.1, 0.15) is 0 Å². The Bertz CT molecular complexity index is 1150. The van der Waals surface area contributed by atoms with Crippen molar-refractivity contribution in [3.8, 4) is 11.3 Å². The lowest BCUT2D eigenvalue weighted by atomic mass is 9.92. The van der Waals surface area contributed by atoms with Gasteiger partial charge < -0.3 is 16.4 Å². The SMILES string of the molecule is Nc1nc(-c2ccncc2)c(C2C=CC=C(NC(=O)NC3=CCC(C(F)(F)F)C=C3)C2F)s1. The van der Waals surface area contributed by atoms with E-state index in [0.717, 1.165) is 23.0 Å². The zero-order chi connectivity index (χ0) is 23.6. The van der Waals surface area contributed by atoms with Gasteiger partial charge in [-0.2, -0.15) is 13.2 Å². The molecular formula is C22H19F4N5OS. The number of allylic oxidation sites excluding steroid dienone is 7. The van der Waals surface area contributed by atoms with E-state index in [1.807, 2.05) is 0 Å². The standard InChI is InChI=1S/C22H19F4N5OS/c23-17-15(19-18(31-20(27)33-19)12-8-10-28-11-9-12)2-1-3-16(17)30-21(32)29-14-6-4-13(5-7-14)22(24,25)26/h1-4,6-11,13,15,17H,5H2,(H2,27,31)(H2,29,30,32). The largest absolute Gasteiger partial charge is 0.395 e. The summed E-state index contributed by atoms with van der Waals surface area (Å²) in [5.41, 5.74) is 7.40. The molecule has 0 saturated heterocycles. The number of rotatable bonds is 4. The van der Waals surface area contributed by atoms with Crippen LogP contribution in [0.1, 0.15) is 17.2 Å². The lowest BCUT2D eigenvalue weighted by molar-refractivity contribution is -0.160. The normalized spacial score (nSPS) is 22.5. The molecule has 0 fully saturated rings. The van der Waals surface area contributed by atoms with Crippen LogP contribution >= 0.6 is 11.3 Å². The molecule has 0 saturated carbocycles. The fraction of sp³-hybridized carbons (Fsp3) is 0.227. The number of amides is 2. The maximum atomic E-state index is 15.4. The van der Waals surface area contributed by atoms with Crippen LogP contribution in [0.3, 0.4) is 0 Å². The monoisotopic (exact) mass is 477 g/mol. The highest BCUT2D eigenvalue weighted by Crippen LogP contribution is 2.41. The average Bonchev–Trinajstić information content (AvgIpc) is 3.17. The number of aromatic nitrogens is 2. The Kier molecular flexibility index (Phi) is 6.32. The number of nitrogens with two attached hydrogens (primary N) is 1. The Morgan fingerprint density at radius 2 is 1.94 bits per heavy atom. The van der Waals surface area contributed by atoms with Gasteiger partial charge in [0, 0.05) is 28.5 Å². The molecule has 4 N–H and O–H groups in total. The highest BCUT2D eigenvalue weighted by atomic mass is 32.1. The first kappa shape index (κ1) is 22.7. The first-order valence-electron chi connectivity index (χ1n) is 9.94. The summed E-state index contributed by atoms with van der Waals surface area (Å²) in [6.07, 6.45) is 5.16. The van der Waals surface area contributed by atoms with E-state index in [9.17, 15) is 18.0 Å². The number of hydrogen-bond acceptors (Lipinski definition) is 5. The van der Waals surface area contributed by atoms with Crippen LogP contribution < -0.4 is 16.4 Å². The molecule has 3 unspecified atom stereocenters. The maximum absolute atomic E-state index is 15.4. The minimum atomic E-state index is -4.34. The van der Waals surface area contributed by atoms with Crippen molar-refractivity contribution in [1.29, 1.82) is 0 Å². The Morgan fingerprint density at radius 3 is 2.61 bits per heavy atom. The summed E-state index contributed by atoms with van der Waals surface area (Å²) in [6.45, 7) is 0. The van der Waals surface area contributed by atoms with E-state index in [1.54, 1.807) is 36.7 Å². The van der Waals surface area contributed by atoms with Gasteiger partial charge in [0.25, 0.3) is 0 Å². The van der Waals surface area contributed by atoms with Gasteiger partial charge in [-0.1, -0.05) is 24.3 Å². The van der Waals surface area contributed by atoms with E-state index >= 15 is 4.39 Å². The fourth-order valence-corrected chi connectivity index (χ4v) is 4.49. The summed E-state index contributed by atoms with van der Waals surface area (Å²) in [7, 11) is 0. The highest BCUT2D eigenvalue weighted by molar-refractivity contribution is 7.16. The van der Waals surface area contributed by atoms with E-state index in [0.29, 0.717) is 10.6 Å². The zero-order valence-corrected chi connectivity index (χ0v) is 17.8. The lowest BCUT2D eigenvalue weighted by Crippen LogP contribution is -2.38. The molecule has 0 aliphatic heterocycles. The number of urea groups is 1. The third kappa shape index (κ3) is 5.14. The molecule has 2 aliphatic rings. The van der Waals surface area contributed by atoms with Crippen molar-refractivity contribution in [2.24, 2.45) is 5.92 Å². The molecular weight excluding hydrogens is 458 g/mol. The van der Waals surface area contributed by atoms with Gasteiger partial charge in [-0.25, -0.2) is 14.2 Å². The molecule has 4 rings (SSSR count). The summed E-state index contributed by atoms with van der Waals surface area (Å²) in [4.78, 5) is 21.3. The number of carbonyl (C=O) groups excluding carboxylic acids is 1. The Hall–Kier alpha value is -3.47. The number of alkyl halides is 4. The third-order valence-corrected chi connectivity index (χ3v) is 6.15. The zero-order valence-electron chi connectivity index (χ0n) is 17.0. The molecule has 2 aromatic heterocycles. The second kappa shape index (κ2) is 9.18. The third-order valence-electron chi connectivity index (χ3n) is 5.17. The van der Waals surface area contributed by atoms with Crippen LogP contribution in [0.5, 0.6) is 0 Å². The maximum Gasteiger partial charge on any atom is 0.395 e. The predicted octanol–water partition coefficient (Wildman–Crippen LogP) is 4.98. The van der Waals surface area contributed by atoms with Crippen molar-refractivity contribution < 1.29 is 22.4 Å². The van der Waals surface area contributed by atoms with E-state index in [1.165, 1.54) is 18.2 Å². The average molecular weight is 477 g/mol. The number of nitrogen functional groups attached to an aromatic ring is 1. The Balaban J connectivity index is 1.44. The Morgan fingerprint density at radius 1 is 1.18 bits per heavy atom. The number of hydrogen-bond donors (Lipinski definition) is 3. The van der Waals surface area contributed by atoms with Gasteiger partial charge in [0.15, 0.2) is 11.3 Å². The number of pyridine rings is 1. The number of nitrogens with one attached hydrogen (secondary N) is 2. The number of carbonyl (C=O) groups is 1. The summed E-state index contributed by atoms with van der Waals surface area (Å²) in [5, 5.41) is 5.18. The van der Waals surface area contributed by atoms with E-state index in [-0.39, 0.29) is 22.9 Å². The van der Waals surface area contributed by atoms with Crippen molar-refractivity contribution in [2.75, 3.05) is 5.73 Å². The minimum absolute atomic E-state index is 0.0150. The highest BCUT2D eigenvalue weighted by Gasteiger charge is 2.38. The molecule has 33 heavy (non-hydrogen) atoms. The first-order chi connectivity index (χ1) is 15.7. The van der Waals surface area contributed by atoms with Gasteiger partial charge in [-0.15, -0.1) is 11.3 Å². The molecule has 2 aromatic rings. The molecule has 2 aliphatic carbocycles. The van der Waals surface area contributed by atoms with E-state index < -0.39 is 30.2 Å². The van der Waals surface area contributed by atoms with Gasteiger partial charge in [-0.05, 0) is 30.7 Å². The first-order valence-corrected chi connectivity index (χ1v) is 10.8. The minimum Gasteiger partial charge on any atom is -0.375 e. The van der Waals surface area contributed by atoms with Crippen LogP contribution in [0.4, 0.5) is 27.5 Å². The number of nitrogens with zero attached hydrogens (tertiary/aromatic N) is 2. The van der Waals surface area contributed by atoms with Crippen LogP contribution in [0.2, 0.25) is 0 Å². The summed E-state index contributed by atoms with van der Waals surface area (Å²) >= 11 is 1.16. The molecule has 0 radical (unpaired) electrons. The number of halogens is 4. The van der Waals surface area contributed by atoms with Crippen molar-refractivity contribution in [3.05, 3.63) is 77.3 Å². The molecule has 3 atom stereocenters. The predicted molar refractivity (Wildman–Crippen MR) is 118 cm³/mol. The van der Waals surface area contributed by atoms with Crippen molar-refractivity contribution >= 4 is 22.5 Å². The molecule has 0 aromatic carbocycles. The second-order valence-electron chi connectivity index (χ2n) is 7.42. The summed E-state index contributed by atoms with van der Waals surface area (Å²) in [5.74, 6) is -2.32. The van der Waals surface area contributed by atoms with Crippen LogP contribution in [0.15, 0.2) is 72.4 Å². The Labute approximate surface area is 190 Å². The van der Waals surface area contributed by atoms with Crippen LogP contribution in [0.25, 0.3) is 11.3 Å².